The molecule has 3 rings (SSSR count). The van der Waals surface area contributed by atoms with Crippen molar-refractivity contribution < 1.29 is 23.1 Å². The van der Waals surface area contributed by atoms with Gasteiger partial charge in [-0.25, -0.2) is 4.79 Å². The number of benzene rings is 1. The highest BCUT2D eigenvalue weighted by Crippen LogP contribution is 2.31. The van der Waals surface area contributed by atoms with E-state index in [0.717, 1.165) is 0 Å². The van der Waals surface area contributed by atoms with Gasteiger partial charge in [0.1, 0.15) is 5.58 Å². The highest BCUT2D eigenvalue weighted by Gasteiger charge is 2.22. The molecule has 0 spiro atoms. The summed E-state index contributed by atoms with van der Waals surface area (Å²) in [4.78, 5) is 24.1. The van der Waals surface area contributed by atoms with E-state index in [2.05, 4.69) is 0 Å². The van der Waals surface area contributed by atoms with Crippen LogP contribution in [0.25, 0.3) is 22.5 Å². The summed E-state index contributed by atoms with van der Waals surface area (Å²) in [5, 5.41) is 0.303. The maximum absolute atomic E-state index is 12.5. The van der Waals surface area contributed by atoms with Crippen LogP contribution in [0.3, 0.4) is 0 Å². The number of hydrogen-bond acceptors (Lipinski definition) is 6. The lowest BCUT2D eigenvalue weighted by Gasteiger charge is -2.08. The van der Waals surface area contributed by atoms with Crippen molar-refractivity contribution in [2.45, 2.75) is 6.92 Å². The molecular formula is C16H12O6. The summed E-state index contributed by atoms with van der Waals surface area (Å²) < 4.78 is 20.6. The van der Waals surface area contributed by atoms with Crippen molar-refractivity contribution in [3.05, 3.63) is 52.9 Å². The summed E-state index contributed by atoms with van der Waals surface area (Å²) in [5.74, 6) is 0.0657. The van der Waals surface area contributed by atoms with Crippen molar-refractivity contribution in [3.63, 3.8) is 0 Å². The molecule has 0 aliphatic rings. The van der Waals surface area contributed by atoms with Gasteiger partial charge in [-0.2, -0.15) is 0 Å². The third-order valence-corrected chi connectivity index (χ3v) is 2.95. The van der Waals surface area contributed by atoms with Crippen LogP contribution >= 0.6 is 0 Å². The molecule has 2 heterocycles. The number of carbonyl (C=O) groups is 1. The maximum Gasteiger partial charge on any atom is 0.514 e. The van der Waals surface area contributed by atoms with Gasteiger partial charge in [0.2, 0.25) is 16.9 Å². The first-order valence-electron chi connectivity index (χ1n) is 6.65. The molecule has 0 saturated carbocycles. The minimum absolute atomic E-state index is 0.0433. The van der Waals surface area contributed by atoms with E-state index in [-0.39, 0.29) is 23.9 Å². The van der Waals surface area contributed by atoms with E-state index >= 15 is 0 Å². The molecule has 0 aliphatic carbocycles. The second-order valence-electron chi connectivity index (χ2n) is 4.35. The van der Waals surface area contributed by atoms with Gasteiger partial charge in [0.05, 0.1) is 18.3 Å². The molecule has 0 unspecified atom stereocenters. The Morgan fingerprint density at radius 1 is 1.18 bits per heavy atom. The van der Waals surface area contributed by atoms with Crippen molar-refractivity contribution in [3.8, 4) is 17.3 Å². The van der Waals surface area contributed by atoms with Crippen LogP contribution in [0.5, 0.6) is 5.75 Å². The van der Waals surface area contributed by atoms with Gasteiger partial charge in [0.25, 0.3) is 0 Å². The Kier molecular flexibility index (Phi) is 3.65. The third kappa shape index (κ3) is 2.46. The van der Waals surface area contributed by atoms with E-state index < -0.39 is 11.6 Å². The highest BCUT2D eigenvalue weighted by molar-refractivity contribution is 5.82. The van der Waals surface area contributed by atoms with Gasteiger partial charge in [0, 0.05) is 0 Å². The summed E-state index contributed by atoms with van der Waals surface area (Å²) in [7, 11) is 0. The lowest BCUT2D eigenvalue weighted by atomic mass is 10.2. The van der Waals surface area contributed by atoms with E-state index in [9.17, 15) is 9.59 Å². The minimum atomic E-state index is -0.974. The summed E-state index contributed by atoms with van der Waals surface area (Å²) in [6.07, 6.45) is 0.455. The van der Waals surface area contributed by atoms with Crippen molar-refractivity contribution >= 4 is 17.1 Å². The minimum Gasteiger partial charge on any atom is -0.461 e. The molecule has 0 amide bonds. The van der Waals surface area contributed by atoms with Crippen molar-refractivity contribution in [1.82, 2.24) is 0 Å². The van der Waals surface area contributed by atoms with Crippen LogP contribution in [0.2, 0.25) is 0 Å². The van der Waals surface area contributed by atoms with Crippen LogP contribution in [0.1, 0.15) is 6.92 Å². The monoisotopic (exact) mass is 300 g/mol. The van der Waals surface area contributed by atoms with Gasteiger partial charge in [-0.1, -0.05) is 12.1 Å². The second-order valence-corrected chi connectivity index (χ2v) is 4.35. The lowest BCUT2D eigenvalue weighted by Crippen LogP contribution is -2.17. The van der Waals surface area contributed by atoms with Crippen LogP contribution in [-0.4, -0.2) is 12.8 Å². The zero-order chi connectivity index (χ0) is 15.5. The van der Waals surface area contributed by atoms with Crippen LogP contribution in [0.4, 0.5) is 4.79 Å². The fourth-order valence-electron chi connectivity index (χ4n) is 2.02. The molecule has 112 valence electrons. The van der Waals surface area contributed by atoms with Gasteiger partial charge in [-0.05, 0) is 31.2 Å². The van der Waals surface area contributed by atoms with Crippen molar-refractivity contribution in [2.24, 2.45) is 0 Å². The largest absolute Gasteiger partial charge is 0.514 e. The van der Waals surface area contributed by atoms with E-state index in [0.29, 0.717) is 11.0 Å². The number of rotatable bonds is 3. The predicted octanol–water partition coefficient (Wildman–Crippen LogP) is 3.59. The topological polar surface area (TPSA) is 78.9 Å². The Morgan fingerprint density at radius 2 is 2.00 bits per heavy atom. The molecule has 0 radical (unpaired) electrons. The van der Waals surface area contributed by atoms with E-state index in [1.807, 2.05) is 0 Å². The van der Waals surface area contributed by atoms with E-state index in [4.69, 9.17) is 18.3 Å². The molecule has 0 fully saturated rings. The Balaban J connectivity index is 2.22. The first-order chi connectivity index (χ1) is 10.7. The molecule has 6 nitrogen and oxygen atoms in total. The average Bonchev–Trinajstić information content (AvgIpc) is 3.04. The molecule has 6 heteroatoms. The second kappa shape index (κ2) is 5.77. The molecule has 0 atom stereocenters. The van der Waals surface area contributed by atoms with E-state index in [1.165, 1.54) is 6.26 Å². The molecule has 0 bridgehead atoms. The van der Waals surface area contributed by atoms with Crippen molar-refractivity contribution in [2.75, 3.05) is 6.61 Å². The third-order valence-electron chi connectivity index (χ3n) is 2.95. The molecule has 0 aliphatic heterocycles. The molecule has 2 aromatic heterocycles. The summed E-state index contributed by atoms with van der Waals surface area (Å²) >= 11 is 0. The van der Waals surface area contributed by atoms with Crippen LogP contribution < -0.4 is 10.2 Å². The summed E-state index contributed by atoms with van der Waals surface area (Å²) in [6, 6.07) is 9.91. The number of hydrogen-bond donors (Lipinski definition) is 0. The Morgan fingerprint density at radius 3 is 2.73 bits per heavy atom. The van der Waals surface area contributed by atoms with Crippen molar-refractivity contribution in [1.29, 1.82) is 0 Å². The fraction of sp³-hybridized carbons (Fsp3) is 0.125. The van der Waals surface area contributed by atoms with Crippen LogP contribution in [0.15, 0.2) is 56.3 Å². The zero-order valence-electron chi connectivity index (χ0n) is 11.7. The van der Waals surface area contributed by atoms with Gasteiger partial charge in [0.15, 0.2) is 5.76 Å². The summed E-state index contributed by atoms with van der Waals surface area (Å²) in [6.45, 7) is 1.77. The lowest BCUT2D eigenvalue weighted by molar-refractivity contribution is 0.103. The Hall–Kier alpha value is -3.02. The highest BCUT2D eigenvalue weighted by atomic mass is 16.7. The number of carbonyl (C=O) groups excluding carboxylic acids is 1. The summed E-state index contributed by atoms with van der Waals surface area (Å²) in [5.41, 5.74) is -0.101. The van der Waals surface area contributed by atoms with Gasteiger partial charge in [-0.15, -0.1) is 0 Å². The normalized spacial score (nSPS) is 10.6. The smallest absolute Gasteiger partial charge is 0.461 e. The molecule has 3 aromatic rings. The van der Waals surface area contributed by atoms with Gasteiger partial charge in [-0.3, -0.25) is 4.79 Å². The number of fused-ring (bicyclic) bond motifs is 1. The van der Waals surface area contributed by atoms with Crippen LogP contribution in [-0.2, 0) is 4.74 Å². The fourth-order valence-corrected chi connectivity index (χ4v) is 2.02. The number of ether oxygens (including phenoxy) is 2. The van der Waals surface area contributed by atoms with Gasteiger partial charge < -0.3 is 18.3 Å². The van der Waals surface area contributed by atoms with Gasteiger partial charge >= 0.3 is 6.16 Å². The Bertz CT molecular complexity index is 860. The Labute approximate surface area is 124 Å². The molecular weight excluding hydrogens is 288 g/mol. The first kappa shape index (κ1) is 13.9. The first-order valence-corrected chi connectivity index (χ1v) is 6.65. The molecule has 22 heavy (non-hydrogen) atoms. The van der Waals surface area contributed by atoms with Crippen LogP contribution in [0, 0.1) is 0 Å². The quantitative estimate of drug-likeness (QED) is 0.688. The predicted molar refractivity (Wildman–Crippen MR) is 77.8 cm³/mol. The number of furan rings is 1. The maximum atomic E-state index is 12.5. The average molecular weight is 300 g/mol. The standard InChI is InChI=1S/C16H12O6/c1-2-19-16(18)22-15-13(17)10-6-3-4-7-11(10)21-14(15)12-8-5-9-20-12/h3-9H,2H2,1H3. The van der Waals surface area contributed by atoms with E-state index in [1.54, 1.807) is 43.3 Å². The molecule has 1 aromatic carbocycles. The SMILES string of the molecule is CCOC(=O)Oc1c(-c2ccco2)oc2ccccc2c1=O. The molecule has 0 N–H and O–H groups in total. The number of para-hydroxylation sites is 1. The zero-order valence-corrected chi connectivity index (χ0v) is 11.7. The molecule has 0 saturated heterocycles.